The molecule has 0 aromatic carbocycles. The van der Waals surface area contributed by atoms with E-state index in [1.54, 1.807) is 0 Å². The number of nitrogens with one attached hydrogen (secondary N) is 2. The van der Waals surface area contributed by atoms with Crippen molar-refractivity contribution >= 4 is 22.6 Å². The van der Waals surface area contributed by atoms with Crippen molar-refractivity contribution in [1.29, 1.82) is 0 Å². The van der Waals surface area contributed by atoms with E-state index in [-0.39, 0.29) is 0 Å². The average molecular weight is 173 g/mol. The molecular weight excluding hydrogens is 168 g/mol. The summed E-state index contributed by atoms with van der Waals surface area (Å²) in [4.78, 5) is 6.71. The highest BCUT2D eigenvalue weighted by Crippen LogP contribution is 2.17. The van der Waals surface area contributed by atoms with Gasteiger partial charge in [0.25, 0.3) is 0 Å². The van der Waals surface area contributed by atoms with Crippen LogP contribution in [0.1, 0.15) is 5.69 Å². The van der Waals surface area contributed by atoms with Gasteiger partial charge in [-0.25, -0.2) is 16.3 Å². The van der Waals surface area contributed by atoms with Crippen molar-refractivity contribution in [1.82, 2.24) is 15.2 Å². The first kappa shape index (κ1) is 6.44. The Bertz CT molecular complexity index is 303. The van der Waals surface area contributed by atoms with E-state index in [1.165, 1.54) is 6.33 Å². The molecule has 0 saturated heterocycles. The minimum atomic E-state index is 0.291. The van der Waals surface area contributed by atoms with E-state index in [1.807, 2.05) is 0 Å². The van der Waals surface area contributed by atoms with Crippen LogP contribution in [0, 0.1) is 0 Å². The normalized spacial score (nSPS) is 15.5. The summed E-state index contributed by atoms with van der Waals surface area (Å²) in [6, 6.07) is 0. The van der Waals surface area contributed by atoms with E-state index in [0.717, 1.165) is 5.23 Å². The highest BCUT2D eigenvalue weighted by Gasteiger charge is 2.16. The van der Waals surface area contributed by atoms with Crippen molar-refractivity contribution in [3.63, 3.8) is 0 Å². The molecule has 0 amide bonds. The molecule has 4 N–H and O–H groups in total. The van der Waals surface area contributed by atoms with Crippen molar-refractivity contribution in [3.8, 4) is 0 Å². The van der Waals surface area contributed by atoms with Crippen LogP contribution in [0.3, 0.4) is 0 Å². The molecule has 2 heterocycles. The number of nitrogens with zero attached hydrogens (tertiary/aromatic N) is 3. The fourth-order valence-corrected chi connectivity index (χ4v) is 1.04. The number of imidazole rings is 1. The average Bonchev–Trinajstić information content (AvgIpc) is 2.34. The van der Waals surface area contributed by atoms with Crippen LogP contribution in [0.4, 0.5) is 5.82 Å². The maximum atomic E-state index is 5.70. The molecular formula is C4H5ClN6. The van der Waals surface area contributed by atoms with Gasteiger partial charge in [-0.2, -0.15) is 0 Å². The van der Waals surface area contributed by atoms with Gasteiger partial charge in [-0.05, 0) is 0 Å². The number of halogens is 1. The van der Waals surface area contributed by atoms with Gasteiger partial charge < -0.3 is 4.98 Å². The van der Waals surface area contributed by atoms with Crippen LogP contribution < -0.4 is 11.3 Å². The molecule has 0 atom stereocenters. The molecule has 11 heavy (non-hydrogen) atoms. The molecule has 0 aliphatic carbocycles. The van der Waals surface area contributed by atoms with Gasteiger partial charge >= 0.3 is 0 Å². The van der Waals surface area contributed by atoms with Gasteiger partial charge in [-0.3, -0.25) is 0 Å². The van der Waals surface area contributed by atoms with Crippen LogP contribution >= 0.6 is 11.6 Å². The summed E-state index contributed by atoms with van der Waals surface area (Å²) < 4.78 is 0. The number of hydrazone groups is 1. The van der Waals surface area contributed by atoms with Crippen LogP contribution in [-0.2, 0) is 0 Å². The Balaban J connectivity index is 2.50. The van der Waals surface area contributed by atoms with Gasteiger partial charge in [0.2, 0.25) is 0 Å². The number of fused-ring (bicyclic) bond motifs is 1. The third kappa shape index (κ3) is 0.920. The second-order valence-corrected chi connectivity index (χ2v) is 2.33. The zero-order valence-electron chi connectivity index (χ0n) is 5.37. The molecule has 6 nitrogen and oxygen atoms in total. The van der Waals surface area contributed by atoms with E-state index in [0.29, 0.717) is 16.7 Å². The fraction of sp³-hybridized carbons (Fsp3) is 0. The Hall–Kier alpha value is -1.27. The molecule has 0 bridgehead atoms. The maximum Gasteiger partial charge on any atom is 0.180 e. The number of anilines is 1. The third-order valence-electron chi connectivity index (χ3n) is 1.26. The number of hydrazine groups is 2. The van der Waals surface area contributed by atoms with Crippen LogP contribution in [-0.4, -0.2) is 20.4 Å². The minimum Gasteiger partial charge on any atom is -0.341 e. The minimum absolute atomic E-state index is 0.291. The third-order valence-corrected chi connectivity index (χ3v) is 1.53. The number of nitrogens with two attached hydrogens (primary N) is 1. The first-order valence-corrected chi connectivity index (χ1v) is 3.24. The van der Waals surface area contributed by atoms with E-state index in [4.69, 9.17) is 17.4 Å². The van der Waals surface area contributed by atoms with Crippen LogP contribution in [0.5, 0.6) is 0 Å². The summed E-state index contributed by atoms with van der Waals surface area (Å²) in [7, 11) is 0. The molecule has 0 saturated carbocycles. The molecule has 0 radical (unpaired) electrons. The van der Waals surface area contributed by atoms with E-state index in [2.05, 4.69) is 20.5 Å². The first-order valence-electron chi connectivity index (χ1n) is 2.86. The molecule has 1 aromatic rings. The second kappa shape index (κ2) is 2.11. The van der Waals surface area contributed by atoms with Crippen LogP contribution in [0.2, 0.25) is 0 Å². The molecule has 1 aromatic heterocycles. The smallest absolute Gasteiger partial charge is 0.180 e. The molecule has 0 unspecified atom stereocenters. The fourth-order valence-electron chi connectivity index (χ4n) is 0.814. The number of hydrogen-bond acceptors (Lipinski definition) is 5. The number of rotatable bonds is 0. The Morgan fingerprint density at radius 2 is 2.45 bits per heavy atom. The van der Waals surface area contributed by atoms with Crippen molar-refractivity contribution in [2.24, 2.45) is 10.9 Å². The monoisotopic (exact) mass is 172 g/mol. The van der Waals surface area contributed by atoms with E-state index in [9.17, 15) is 0 Å². The number of aromatic amines is 1. The van der Waals surface area contributed by atoms with Gasteiger partial charge in [-0.15, -0.1) is 10.3 Å². The molecule has 2 rings (SSSR count). The zero-order valence-corrected chi connectivity index (χ0v) is 6.13. The summed E-state index contributed by atoms with van der Waals surface area (Å²) in [6.07, 6.45) is 1.51. The Labute approximate surface area is 67.0 Å². The standard InChI is InChI=1S/C4H5ClN6/c5-3-2-4(8-1-7-2)10-11(6)9-3/h1,10H,6H2,(H,7,8). The lowest BCUT2D eigenvalue weighted by atomic mass is 10.4. The topological polar surface area (TPSA) is 82.3 Å². The lowest BCUT2D eigenvalue weighted by molar-refractivity contribution is 0.361. The number of H-pyrrole nitrogens is 1. The van der Waals surface area contributed by atoms with Crippen LogP contribution in [0.25, 0.3) is 0 Å². The lowest BCUT2D eigenvalue weighted by Crippen LogP contribution is -2.35. The summed E-state index contributed by atoms with van der Waals surface area (Å²) in [5.41, 5.74) is 3.31. The summed E-state index contributed by atoms with van der Waals surface area (Å²) in [6.45, 7) is 0. The van der Waals surface area contributed by atoms with Gasteiger partial charge in [0.1, 0.15) is 5.69 Å². The van der Waals surface area contributed by atoms with Gasteiger partial charge in [-0.1, -0.05) is 11.6 Å². The summed E-state index contributed by atoms with van der Waals surface area (Å²) >= 11 is 5.70. The summed E-state index contributed by atoms with van der Waals surface area (Å²) in [5, 5.41) is 5.00. The SMILES string of the molecule is NN1N=C(Cl)c2[nH]cnc2N1. The van der Waals surface area contributed by atoms with Crippen molar-refractivity contribution in [2.75, 3.05) is 5.43 Å². The van der Waals surface area contributed by atoms with Crippen molar-refractivity contribution in [2.45, 2.75) is 0 Å². The van der Waals surface area contributed by atoms with Crippen molar-refractivity contribution < 1.29 is 0 Å². The Kier molecular flexibility index (Phi) is 1.23. The number of hydrogen-bond donors (Lipinski definition) is 3. The maximum absolute atomic E-state index is 5.70. The highest BCUT2D eigenvalue weighted by molar-refractivity contribution is 6.69. The zero-order chi connectivity index (χ0) is 7.84. The lowest BCUT2D eigenvalue weighted by Gasteiger charge is -2.18. The number of aromatic nitrogens is 2. The molecule has 1 aliphatic rings. The summed E-state index contributed by atoms with van der Waals surface area (Å²) in [5.74, 6) is 5.87. The van der Waals surface area contributed by atoms with Gasteiger partial charge in [0, 0.05) is 0 Å². The largest absolute Gasteiger partial charge is 0.341 e. The molecule has 0 fully saturated rings. The Morgan fingerprint density at radius 3 is 3.27 bits per heavy atom. The Morgan fingerprint density at radius 1 is 1.64 bits per heavy atom. The first-order chi connectivity index (χ1) is 5.27. The predicted octanol–water partition coefficient (Wildman–Crippen LogP) is -0.174. The highest BCUT2D eigenvalue weighted by atomic mass is 35.5. The van der Waals surface area contributed by atoms with E-state index >= 15 is 0 Å². The van der Waals surface area contributed by atoms with E-state index < -0.39 is 0 Å². The molecule has 7 heteroatoms. The molecule has 58 valence electrons. The van der Waals surface area contributed by atoms with Gasteiger partial charge in [0.15, 0.2) is 11.0 Å². The molecule has 1 aliphatic heterocycles. The quantitative estimate of drug-likeness (QED) is 0.475. The molecule has 0 spiro atoms. The van der Waals surface area contributed by atoms with Crippen LogP contribution in [0.15, 0.2) is 11.4 Å². The predicted molar refractivity (Wildman–Crippen MR) is 40.6 cm³/mol. The second-order valence-electron chi connectivity index (χ2n) is 1.97. The van der Waals surface area contributed by atoms with Crippen molar-refractivity contribution in [3.05, 3.63) is 12.0 Å². The van der Waals surface area contributed by atoms with Gasteiger partial charge in [0.05, 0.1) is 6.33 Å².